The first kappa shape index (κ1) is 17.2. The number of halogens is 1. The molecule has 0 radical (unpaired) electrons. The lowest BCUT2D eigenvalue weighted by Gasteiger charge is -2.15. The highest BCUT2D eigenvalue weighted by molar-refractivity contribution is 6.33. The van der Waals surface area contributed by atoms with Gasteiger partial charge in [0.1, 0.15) is 0 Å². The SMILES string of the molecule is CCOc1cc(C=NNc2ccccc2)c(Cl)cc1OC(C)C. The summed E-state index contributed by atoms with van der Waals surface area (Å²) in [5, 5.41) is 4.77. The molecule has 0 unspecified atom stereocenters. The van der Waals surface area contributed by atoms with Gasteiger partial charge in [-0.3, -0.25) is 5.43 Å². The summed E-state index contributed by atoms with van der Waals surface area (Å²) in [7, 11) is 0. The molecule has 4 nitrogen and oxygen atoms in total. The molecule has 1 N–H and O–H groups in total. The molecular weight excluding hydrogens is 312 g/mol. The van der Waals surface area contributed by atoms with E-state index >= 15 is 0 Å². The summed E-state index contributed by atoms with van der Waals surface area (Å²) in [4.78, 5) is 0. The summed E-state index contributed by atoms with van der Waals surface area (Å²) < 4.78 is 11.4. The smallest absolute Gasteiger partial charge is 0.163 e. The molecule has 0 spiro atoms. The lowest BCUT2D eigenvalue weighted by Crippen LogP contribution is -2.08. The van der Waals surface area contributed by atoms with Crippen LogP contribution in [0, 0.1) is 0 Å². The number of anilines is 1. The number of nitrogens with zero attached hydrogens (tertiary/aromatic N) is 1. The highest BCUT2D eigenvalue weighted by atomic mass is 35.5. The molecule has 0 saturated carbocycles. The number of hydrogen-bond acceptors (Lipinski definition) is 4. The quantitative estimate of drug-likeness (QED) is 0.575. The molecule has 23 heavy (non-hydrogen) atoms. The van der Waals surface area contributed by atoms with E-state index in [0.717, 1.165) is 11.3 Å². The van der Waals surface area contributed by atoms with E-state index in [1.165, 1.54) is 0 Å². The summed E-state index contributed by atoms with van der Waals surface area (Å²) in [6.45, 7) is 6.40. The van der Waals surface area contributed by atoms with Crippen molar-refractivity contribution in [1.82, 2.24) is 0 Å². The maximum atomic E-state index is 6.31. The van der Waals surface area contributed by atoms with Gasteiger partial charge in [-0.1, -0.05) is 29.8 Å². The Morgan fingerprint density at radius 1 is 1.17 bits per heavy atom. The molecule has 0 heterocycles. The summed E-state index contributed by atoms with van der Waals surface area (Å²) >= 11 is 6.31. The Balaban J connectivity index is 2.19. The van der Waals surface area contributed by atoms with Crippen LogP contribution < -0.4 is 14.9 Å². The molecule has 0 atom stereocenters. The third-order valence-electron chi connectivity index (χ3n) is 2.90. The Bertz CT molecular complexity index is 658. The fourth-order valence-electron chi connectivity index (χ4n) is 1.95. The topological polar surface area (TPSA) is 42.8 Å². The number of hydrogen-bond donors (Lipinski definition) is 1. The second-order valence-corrected chi connectivity index (χ2v) is 5.56. The largest absolute Gasteiger partial charge is 0.490 e. The number of rotatable bonds is 7. The van der Waals surface area contributed by atoms with Gasteiger partial charge in [-0.05, 0) is 39.0 Å². The zero-order valence-corrected chi connectivity index (χ0v) is 14.3. The summed E-state index contributed by atoms with van der Waals surface area (Å²) in [6, 6.07) is 13.3. The first-order chi connectivity index (χ1) is 11.1. The van der Waals surface area contributed by atoms with Crippen molar-refractivity contribution < 1.29 is 9.47 Å². The summed E-state index contributed by atoms with van der Waals surface area (Å²) in [5.74, 6) is 1.30. The van der Waals surface area contributed by atoms with Crippen LogP contribution in [-0.4, -0.2) is 18.9 Å². The van der Waals surface area contributed by atoms with Crippen LogP contribution >= 0.6 is 11.6 Å². The molecule has 0 saturated heterocycles. The van der Waals surface area contributed by atoms with E-state index in [9.17, 15) is 0 Å². The van der Waals surface area contributed by atoms with Gasteiger partial charge in [0.2, 0.25) is 0 Å². The first-order valence-corrected chi connectivity index (χ1v) is 7.95. The molecule has 0 aromatic heterocycles. The molecule has 2 aromatic carbocycles. The number of nitrogens with one attached hydrogen (secondary N) is 1. The van der Waals surface area contributed by atoms with Crippen LogP contribution in [0.3, 0.4) is 0 Å². The second-order valence-electron chi connectivity index (χ2n) is 5.16. The highest BCUT2D eigenvalue weighted by Gasteiger charge is 2.11. The van der Waals surface area contributed by atoms with Crippen LogP contribution in [0.2, 0.25) is 5.02 Å². The van der Waals surface area contributed by atoms with Gasteiger partial charge in [-0.2, -0.15) is 5.10 Å². The van der Waals surface area contributed by atoms with E-state index in [1.54, 1.807) is 12.3 Å². The Hall–Kier alpha value is -2.20. The molecule has 5 heteroatoms. The Kier molecular flexibility index (Phi) is 6.29. The van der Waals surface area contributed by atoms with Crippen LogP contribution in [0.4, 0.5) is 5.69 Å². The fraction of sp³-hybridized carbons (Fsp3) is 0.278. The molecule has 0 aliphatic rings. The first-order valence-electron chi connectivity index (χ1n) is 7.57. The van der Waals surface area contributed by atoms with Gasteiger partial charge in [0.05, 0.1) is 29.6 Å². The molecule has 122 valence electrons. The Labute approximate surface area is 142 Å². The standard InChI is InChI=1S/C18H21ClN2O2/c1-4-22-17-10-14(16(19)11-18(17)23-13(2)3)12-20-21-15-8-6-5-7-9-15/h5-13,21H,4H2,1-3H3. The molecule has 0 aliphatic heterocycles. The van der Waals surface area contributed by atoms with Crippen LogP contribution in [0.5, 0.6) is 11.5 Å². The predicted molar refractivity (Wildman–Crippen MR) is 96.0 cm³/mol. The molecule has 2 aromatic rings. The number of para-hydroxylation sites is 1. The molecule has 0 amide bonds. The number of ether oxygens (including phenoxy) is 2. The number of hydrazone groups is 1. The van der Waals surface area contributed by atoms with E-state index in [4.69, 9.17) is 21.1 Å². The van der Waals surface area contributed by atoms with Gasteiger partial charge >= 0.3 is 0 Å². The predicted octanol–water partition coefficient (Wildman–Crippen LogP) is 4.97. The van der Waals surface area contributed by atoms with Crippen LogP contribution in [0.1, 0.15) is 26.3 Å². The van der Waals surface area contributed by atoms with E-state index < -0.39 is 0 Å². The second kappa shape index (κ2) is 8.44. The van der Waals surface area contributed by atoms with Gasteiger partial charge in [0, 0.05) is 11.6 Å². The Morgan fingerprint density at radius 3 is 2.57 bits per heavy atom. The average Bonchev–Trinajstić information content (AvgIpc) is 2.52. The van der Waals surface area contributed by atoms with Crippen molar-refractivity contribution in [3.8, 4) is 11.5 Å². The lowest BCUT2D eigenvalue weighted by atomic mass is 10.2. The van der Waals surface area contributed by atoms with Crippen molar-refractivity contribution in [3.63, 3.8) is 0 Å². The molecule has 0 aliphatic carbocycles. The summed E-state index contributed by atoms with van der Waals surface area (Å²) in [6.07, 6.45) is 1.71. The van der Waals surface area contributed by atoms with Crippen molar-refractivity contribution in [2.45, 2.75) is 26.9 Å². The van der Waals surface area contributed by atoms with Crippen LogP contribution in [-0.2, 0) is 0 Å². The van der Waals surface area contributed by atoms with Crippen molar-refractivity contribution in [2.24, 2.45) is 5.10 Å². The minimum Gasteiger partial charge on any atom is -0.490 e. The minimum absolute atomic E-state index is 0.0459. The average molecular weight is 333 g/mol. The zero-order valence-electron chi connectivity index (χ0n) is 13.5. The van der Waals surface area contributed by atoms with Crippen molar-refractivity contribution in [1.29, 1.82) is 0 Å². The molecule has 0 bridgehead atoms. The highest BCUT2D eigenvalue weighted by Crippen LogP contribution is 2.33. The van der Waals surface area contributed by atoms with Gasteiger partial charge in [0.15, 0.2) is 11.5 Å². The summed E-state index contributed by atoms with van der Waals surface area (Å²) in [5.41, 5.74) is 4.62. The number of benzene rings is 2. The van der Waals surface area contributed by atoms with E-state index in [1.807, 2.05) is 57.2 Å². The molecule has 2 rings (SSSR count). The normalized spacial score (nSPS) is 11.0. The van der Waals surface area contributed by atoms with Crippen molar-refractivity contribution in [3.05, 3.63) is 53.1 Å². The third kappa shape index (κ3) is 5.18. The van der Waals surface area contributed by atoms with Gasteiger partial charge in [-0.25, -0.2) is 0 Å². The van der Waals surface area contributed by atoms with E-state index in [-0.39, 0.29) is 6.10 Å². The van der Waals surface area contributed by atoms with Gasteiger partial charge < -0.3 is 9.47 Å². The monoisotopic (exact) mass is 332 g/mol. The minimum atomic E-state index is 0.0459. The molecular formula is C18H21ClN2O2. The molecule has 0 fully saturated rings. The maximum Gasteiger partial charge on any atom is 0.163 e. The van der Waals surface area contributed by atoms with Crippen molar-refractivity contribution in [2.75, 3.05) is 12.0 Å². The van der Waals surface area contributed by atoms with Crippen molar-refractivity contribution >= 4 is 23.5 Å². The third-order valence-corrected chi connectivity index (χ3v) is 3.22. The Morgan fingerprint density at radius 2 is 1.91 bits per heavy atom. The van der Waals surface area contributed by atoms with E-state index in [2.05, 4.69) is 10.5 Å². The maximum absolute atomic E-state index is 6.31. The van der Waals surface area contributed by atoms with Gasteiger partial charge in [-0.15, -0.1) is 0 Å². The van der Waals surface area contributed by atoms with E-state index in [0.29, 0.717) is 23.1 Å². The van der Waals surface area contributed by atoms with Crippen LogP contribution in [0.25, 0.3) is 0 Å². The fourth-order valence-corrected chi connectivity index (χ4v) is 2.16. The zero-order chi connectivity index (χ0) is 16.7. The van der Waals surface area contributed by atoms with Crippen LogP contribution in [0.15, 0.2) is 47.6 Å². The van der Waals surface area contributed by atoms with Gasteiger partial charge in [0.25, 0.3) is 0 Å². The lowest BCUT2D eigenvalue weighted by molar-refractivity contribution is 0.224.